The average Bonchev–Trinajstić information content (AvgIpc) is 3.31. The Bertz CT molecular complexity index is 950. The summed E-state index contributed by atoms with van der Waals surface area (Å²) in [5, 5.41) is 3.36. The smallest absolute Gasteiger partial charge is 0.264 e. The molecule has 2 aromatic carbocycles. The van der Waals surface area contributed by atoms with Crippen LogP contribution in [0.15, 0.2) is 59.5 Å². The van der Waals surface area contributed by atoms with Crippen LogP contribution in [0.4, 0.5) is 5.69 Å². The number of hydrogen-bond acceptors (Lipinski definition) is 4. The first kappa shape index (κ1) is 19.0. The van der Waals surface area contributed by atoms with E-state index in [2.05, 4.69) is 5.32 Å². The highest BCUT2D eigenvalue weighted by Crippen LogP contribution is 2.28. The summed E-state index contributed by atoms with van der Waals surface area (Å²) < 4.78 is 27.8. The van der Waals surface area contributed by atoms with Crippen LogP contribution < -0.4 is 9.62 Å². The standard InChI is InChI=1S/C21H25N3O3S/c1-2-24(19-8-4-3-5-9-19)28(26,27)20-10-6-7-16(11-20)21(25)23-14-17-12-22-13-18(17)15-23/h3-11,17-18,22H,2,12-15H2,1H3/t17-,18+. The largest absolute Gasteiger partial charge is 0.338 e. The molecule has 2 saturated heterocycles. The van der Waals surface area contributed by atoms with Gasteiger partial charge in [0.25, 0.3) is 15.9 Å². The molecule has 6 nitrogen and oxygen atoms in total. The molecule has 2 heterocycles. The van der Waals surface area contributed by atoms with Gasteiger partial charge in [-0.1, -0.05) is 24.3 Å². The molecule has 0 radical (unpaired) electrons. The number of carbonyl (C=O) groups excluding carboxylic acids is 1. The molecule has 0 saturated carbocycles. The molecule has 0 bridgehead atoms. The zero-order valence-electron chi connectivity index (χ0n) is 15.9. The first-order chi connectivity index (χ1) is 13.5. The quantitative estimate of drug-likeness (QED) is 0.837. The molecule has 0 aliphatic carbocycles. The van der Waals surface area contributed by atoms with Crippen molar-refractivity contribution >= 4 is 21.6 Å². The van der Waals surface area contributed by atoms with Crippen LogP contribution in [0.25, 0.3) is 0 Å². The van der Waals surface area contributed by atoms with Gasteiger partial charge in [0.1, 0.15) is 0 Å². The molecule has 2 atom stereocenters. The van der Waals surface area contributed by atoms with E-state index in [0.29, 0.717) is 29.6 Å². The fourth-order valence-electron chi connectivity index (χ4n) is 4.21. The summed E-state index contributed by atoms with van der Waals surface area (Å²) in [6.45, 7) is 5.48. The van der Waals surface area contributed by atoms with E-state index >= 15 is 0 Å². The Hall–Kier alpha value is -2.38. The summed E-state index contributed by atoms with van der Waals surface area (Å²) in [4.78, 5) is 15.0. The Morgan fingerprint density at radius 1 is 1.07 bits per heavy atom. The molecule has 0 aromatic heterocycles. The fraction of sp³-hybridized carbons (Fsp3) is 0.381. The number of nitrogens with one attached hydrogen (secondary N) is 1. The van der Waals surface area contributed by atoms with Crippen LogP contribution in [-0.2, 0) is 10.0 Å². The van der Waals surface area contributed by atoms with Gasteiger partial charge in [0, 0.05) is 38.3 Å². The molecule has 2 fully saturated rings. The molecule has 0 spiro atoms. The van der Waals surface area contributed by atoms with Gasteiger partial charge in [0.05, 0.1) is 10.6 Å². The maximum Gasteiger partial charge on any atom is 0.264 e. The van der Waals surface area contributed by atoms with Crippen molar-refractivity contribution in [3.8, 4) is 0 Å². The lowest BCUT2D eigenvalue weighted by Crippen LogP contribution is -2.33. The molecular formula is C21H25N3O3S. The van der Waals surface area contributed by atoms with Gasteiger partial charge in [0.2, 0.25) is 0 Å². The molecule has 1 amide bonds. The second-order valence-electron chi connectivity index (χ2n) is 7.42. The Morgan fingerprint density at radius 2 is 1.75 bits per heavy atom. The van der Waals surface area contributed by atoms with Crippen molar-refractivity contribution in [3.63, 3.8) is 0 Å². The Balaban J connectivity index is 1.60. The highest BCUT2D eigenvalue weighted by molar-refractivity contribution is 7.92. The summed E-state index contributed by atoms with van der Waals surface area (Å²) in [5.74, 6) is 0.920. The molecule has 1 N–H and O–H groups in total. The highest BCUT2D eigenvalue weighted by Gasteiger charge is 2.38. The second kappa shape index (κ2) is 7.56. The normalized spacial score (nSPS) is 21.5. The molecule has 148 valence electrons. The zero-order chi connectivity index (χ0) is 19.7. The van der Waals surface area contributed by atoms with Gasteiger partial charge >= 0.3 is 0 Å². The highest BCUT2D eigenvalue weighted by atomic mass is 32.2. The number of rotatable bonds is 5. The van der Waals surface area contributed by atoms with Crippen molar-refractivity contribution in [3.05, 3.63) is 60.2 Å². The van der Waals surface area contributed by atoms with E-state index in [1.807, 2.05) is 23.1 Å². The van der Waals surface area contributed by atoms with E-state index in [1.54, 1.807) is 37.3 Å². The number of likely N-dealkylation sites (tertiary alicyclic amines) is 1. The lowest BCUT2D eigenvalue weighted by molar-refractivity contribution is 0.0781. The monoisotopic (exact) mass is 399 g/mol. The number of hydrogen-bond donors (Lipinski definition) is 1. The van der Waals surface area contributed by atoms with Crippen molar-refractivity contribution in [2.75, 3.05) is 37.0 Å². The maximum absolute atomic E-state index is 13.2. The molecule has 4 rings (SSSR count). The topological polar surface area (TPSA) is 69.7 Å². The summed E-state index contributed by atoms with van der Waals surface area (Å²) in [6, 6.07) is 15.4. The van der Waals surface area contributed by atoms with E-state index < -0.39 is 10.0 Å². The van der Waals surface area contributed by atoms with Crippen LogP contribution >= 0.6 is 0 Å². The first-order valence-electron chi connectivity index (χ1n) is 9.68. The van der Waals surface area contributed by atoms with Crippen LogP contribution in [0.1, 0.15) is 17.3 Å². The molecule has 0 unspecified atom stereocenters. The van der Waals surface area contributed by atoms with E-state index in [4.69, 9.17) is 0 Å². The maximum atomic E-state index is 13.2. The van der Waals surface area contributed by atoms with Gasteiger partial charge in [-0.25, -0.2) is 8.42 Å². The van der Waals surface area contributed by atoms with Crippen molar-refractivity contribution in [2.45, 2.75) is 11.8 Å². The predicted molar refractivity (Wildman–Crippen MR) is 109 cm³/mol. The van der Waals surface area contributed by atoms with E-state index in [-0.39, 0.29) is 10.8 Å². The number of sulfonamides is 1. The Morgan fingerprint density at radius 3 is 2.39 bits per heavy atom. The SMILES string of the molecule is CCN(c1ccccc1)S(=O)(=O)c1cccc(C(=O)N2C[C@H]3CNC[C@H]3C2)c1. The number of anilines is 1. The summed E-state index contributed by atoms with van der Waals surface area (Å²) in [5.41, 5.74) is 1.04. The molecule has 7 heteroatoms. The minimum atomic E-state index is -3.75. The lowest BCUT2D eigenvalue weighted by atomic mass is 10.0. The Labute approximate surface area is 166 Å². The second-order valence-corrected chi connectivity index (χ2v) is 9.28. The molecule has 28 heavy (non-hydrogen) atoms. The van der Waals surface area contributed by atoms with Crippen molar-refractivity contribution in [2.24, 2.45) is 11.8 Å². The minimum Gasteiger partial charge on any atom is -0.338 e. The van der Waals surface area contributed by atoms with Crippen molar-refractivity contribution in [1.82, 2.24) is 10.2 Å². The number of fused-ring (bicyclic) bond motifs is 1. The van der Waals surface area contributed by atoms with Gasteiger partial charge in [-0.15, -0.1) is 0 Å². The van der Waals surface area contributed by atoms with E-state index in [1.165, 1.54) is 10.4 Å². The van der Waals surface area contributed by atoms with E-state index in [9.17, 15) is 13.2 Å². The number of amides is 1. The number of benzene rings is 2. The van der Waals surface area contributed by atoms with Gasteiger partial charge in [-0.3, -0.25) is 9.10 Å². The van der Waals surface area contributed by atoms with Crippen LogP contribution in [0.2, 0.25) is 0 Å². The van der Waals surface area contributed by atoms with Crippen LogP contribution in [0.3, 0.4) is 0 Å². The predicted octanol–water partition coefficient (Wildman–Crippen LogP) is 2.19. The third-order valence-corrected chi connectivity index (χ3v) is 7.58. The van der Waals surface area contributed by atoms with Crippen molar-refractivity contribution in [1.29, 1.82) is 0 Å². The molecule has 2 aliphatic heterocycles. The third-order valence-electron chi connectivity index (χ3n) is 5.68. The number of carbonyl (C=O) groups is 1. The average molecular weight is 400 g/mol. The van der Waals surface area contributed by atoms with Crippen molar-refractivity contribution < 1.29 is 13.2 Å². The number of nitrogens with zero attached hydrogens (tertiary/aromatic N) is 2. The van der Waals surface area contributed by atoms with Gasteiger partial charge in [-0.2, -0.15) is 0 Å². The molecule has 2 aliphatic rings. The zero-order valence-corrected chi connectivity index (χ0v) is 16.7. The molecule has 2 aromatic rings. The van der Waals surface area contributed by atoms with Crippen LogP contribution in [0.5, 0.6) is 0 Å². The third kappa shape index (κ3) is 3.40. The van der Waals surface area contributed by atoms with Crippen LogP contribution in [0, 0.1) is 11.8 Å². The first-order valence-corrected chi connectivity index (χ1v) is 11.1. The minimum absolute atomic E-state index is 0.0887. The molecular weight excluding hydrogens is 374 g/mol. The van der Waals surface area contributed by atoms with Gasteiger partial charge in [-0.05, 0) is 49.1 Å². The fourth-order valence-corrected chi connectivity index (χ4v) is 5.73. The summed E-state index contributed by atoms with van der Waals surface area (Å²) in [7, 11) is -3.75. The number of para-hydroxylation sites is 1. The van der Waals surface area contributed by atoms with E-state index in [0.717, 1.165) is 26.2 Å². The summed E-state index contributed by atoms with van der Waals surface area (Å²) >= 11 is 0. The summed E-state index contributed by atoms with van der Waals surface area (Å²) in [6.07, 6.45) is 0. The lowest BCUT2D eigenvalue weighted by Gasteiger charge is -2.23. The van der Waals surface area contributed by atoms with Gasteiger partial charge in [0.15, 0.2) is 0 Å². The van der Waals surface area contributed by atoms with Gasteiger partial charge < -0.3 is 10.2 Å². The Kier molecular flexibility index (Phi) is 5.12. The van der Waals surface area contributed by atoms with Crippen LogP contribution in [-0.4, -0.2) is 51.9 Å².